The Balaban J connectivity index is 3.62. The molecule has 0 aromatic rings. The zero-order chi connectivity index (χ0) is 9.83. The fraction of sp³-hybridized carbons (Fsp3) is 1.00. The maximum atomic E-state index is 11.8. The second-order valence-corrected chi connectivity index (χ2v) is 6.58. The minimum atomic E-state index is -4.48. The van der Waals surface area contributed by atoms with Crippen LogP contribution in [-0.2, 0) is 19.3 Å². The van der Waals surface area contributed by atoms with Crippen LogP contribution in [0, 0.1) is 0 Å². The lowest BCUT2D eigenvalue weighted by Crippen LogP contribution is -2.02. The van der Waals surface area contributed by atoms with Crippen molar-refractivity contribution in [3.63, 3.8) is 0 Å². The molecule has 0 aromatic heterocycles. The smallest absolute Gasteiger partial charge is 0.212 e. The molecule has 0 saturated heterocycles. The summed E-state index contributed by atoms with van der Waals surface area (Å²) in [5, 5.41) is 0. The molecule has 0 heterocycles. The van der Waals surface area contributed by atoms with Crippen LogP contribution in [-0.4, -0.2) is 28.3 Å². The quantitative estimate of drug-likeness (QED) is 0.521. The van der Waals surface area contributed by atoms with Gasteiger partial charge in [-0.15, -0.1) is 3.89 Å². The molecular weight excluding hydrogens is 231 g/mol. The summed E-state index contributed by atoms with van der Waals surface area (Å²) in [7, 11) is -3.25. The normalized spacial score (nSPS) is 13.2. The molecule has 0 atom stereocenters. The predicted octanol–water partition coefficient (Wildman–Crippen LogP) is 0.635. The van der Waals surface area contributed by atoms with E-state index in [9.17, 15) is 20.7 Å². The van der Waals surface area contributed by atoms with Crippen LogP contribution in [0.5, 0.6) is 0 Å². The summed E-state index contributed by atoms with van der Waals surface area (Å²) < 4.78 is 52.2. The van der Waals surface area contributed by atoms with Crippen molar-refractivity contribution in [3.8, 4) is 0 Å². The van der Waals surface area contributed by atoms with Crippen molar-refractivity contribution >= 4 is 30.0 Å². The lowest BCUT2D eigenvalue weighted by molar-refractivity contribution is 0.548. The molecule has 0 aliphatic rings. The topological polar surface area (TPSA) is 68.3 Å². The van der Waals surface area contributed by atoms with Gasteiger partial charge in [0.05, 0.1) is 11.5 Å². The van der Waals surface area contributed by atoms with Crippen LogP contribution in [0.1, 0.15) is 12.8 Å². The zero-order valence-corrected chi connectivity index (χ0v) is 8.42. The average molecular weight is 239 g/mol. The van der Waals surface area contributed by atoms with Crippen LogP contribution in [0.25, 0.3) is 0 Å². The van der Waals surface area contributed by atoms with E-state index in [4.69, 9.17) is 10.7 Å². The van der Waals surface area contributed by atoms with Crippen LogP contribution in [0.3, 0.4) is 0 Å². The molecule has 0 unspecified atom stereocenters. The van der Waals surface area contributed by atoms with Crippen LogP contribution < -0.4 is 0 Å². The van der Waals surface area contributed by atoms with Gasteiger partial charge in [0.15, 0.2) is 0 Å². The number of hydrogen-bond acceptors (Lipinski definition) is 4. The van der Waals surface area contributed by atoms with E-state index in [2.05, 4.69) is 0 Å². The van der Waals surface area contributed by atoms with E-state index in [1.165, 1.54) is 0 Å². The van der Waals surface area contributed by atoms with Gasteiger partial charge in [-0.2, -0.15) is 8.42 Å². The Morgan fingerprint density at radius 3 is 1.75 bits per heavy atom. The van der Waals surface area contributed by atoms with Crippen LogP contribution in [0.2, 0.25) is 0 Å². The molecule has 0 radical (unpaired) electrons. The largest absolute Gasteiger partial charge is 0.302 e. The van der Waals surface area contributed by atoms with E-state index in [0.29, 0.717) is 0 Å². The molecule has 0 amide bonds. The maximum absolute atomic E-state index is 11.8. The van der Waals surface area contributed by atoms with E-state index in [1.807, 2.05) is 0 Å². The Hall–Kier alpha value is 0.120. The van der Waals surface area contributed by atoms with Gasteiger partial charge < -0.3 is 0 Å². The van der Waals surface area contributed by atoms with Gasteiger partial charge in [0.1, 0.15) is 0 Å². The second kappa shape index (κ2) is 4.38. The van der Waals surface area contributed by atoms with Crippen molar-refractivity contribution in [2.45, 2.75) is 12.8 Å². The van der Waals surface area contributed by atoms with Gasteiger partial charge in [-0.05, 0) is 12.8 Å². The van der Waals surface area contributed by atoms with Crippen molar-refractivity contribution in [2.24, 2.45) is 0 Å². The molecule has 0 aliphatic heterocycles. The van der Waals surface area contributed by atoms with Crippen molar-refractivity contribution in [2.75, 3.05) is 11.5 Å². The van der Waals surface area contributed by atoms with E-state index < -0.39 is 25.0 Å². The monoisotopic (exact) mass is 238 g/mol. The highest BCUT2D eigenvalue weighted by Gasteiger charge is 2.09. The van der Waals surface area contributed by atoms with Gasteiger partial charge in [0.2, 0.25) is 9.05 Å². The summed E-state index contributed by atoms with van der Waals surface area (Å²) in [6.07, 6.45) is 0.0137. The Kier molecular flexibility index (Phi) is 4.43. The van der Waals surface area contributed by atoms with E-state index in [-0.39, 0.29) is 18.6 Å². The third-order valence-electron chi connectivity index (χ3n) is 1.03. The molecule has 0 saturated carbocycles. The highest BCUT2D eigenvalue weighted by atomic mass is 35.7. The number of rotatable bonds is 5. The molecule has 0 rings (SSSR count). The molecule has 0 aliphatic carbocycles. The molecule has 4 nitrogen and oxygen atoms in total. The van der Waals surface area contributed by atoms with Crippen molar-refractivity contribution in [1.82, 2.24) is 0 Å². The number of unbranched alkanes of at least 4 members (excludes halogenated alkanes) is 1. The standard InChI is InChI=1S/C4H8ClFO4S2/c5-11(7,8)3-1-2-4-12(6,9)10/h1-4H2. The molecule has 0 N–H and O–H groups in total. The van der Waals surface area contributed by atoms with E-state index >= 15 is 0 Å². The fourth-order valence-corrected chi connectivity index (χ4v) is 1.97. The molecule has 0 aromatic carbocycles. The molecular formula is C4H8ClFO4S2. The SMILES string of the molecule is O=S(=O)(F)CCCCS(=O)(=O)Cl. The predicted molar refractivity (Wildman–Crippen MR) is 43.8 cm³/mol. The average Bonchev–Trinajstić information content (AvgIpc) is 1.76. The molecule has 8 heteroatoms. The second-order valence-electron chi connectivity index (χ2n) is 2.19. The van der Waals surface area contributed by atoms with Gasteiger partial charge in [0.25, 0.3) is 0 Å². The zero-order valence-electron chi connectivity index (χ0n) is 6.03. The Morgan fingerprint density at radius 2 is 1.42 bits per heavy atom. The highest BCUT2D eigenvalue weighted by Crippen LogP contribution is 2.03. The summed E-state index contributed by atoms with van der Waals surface area (Å²) in [6, 6.07) is 0. The fourth-order valence-electron chi connectivity index (χ4n) is 0.549. The van der Waals surface area contributed by atoms with Gasteiger partial charge in [-0.3, -0.25) is 0 Å². The lowest BCUT2D eigenvalue weighted by atomic mass is 10.4. The molecule has 0 bridgehead atoms. The minimum absolute atomic E-state index is 0.0369. The van der Waals surface area contributed by atoms with E-state index in [0.717, 1.165) is 0 Å². The summed E-state index contributed by atoms with van der Waals surface area (Å²) in [6.45, 7) is 0. The molecule has 12 heavy (non-hydrogen) atoms. The maximum Gasteiger partial charge on any atom is 0.302 e. The third kappa shape index (κ3) is 10.1. The molecule has 0 spiro atoms. The van der Waals surface area contributed by atoms with Gasteiger partial charge >= 0.3 is 10.2 Å². The van der Waals surface area contributed by atoms with E-state index in [1.54, 1.807) is 0 Å². The Bertz CT molecular complexity index is 285. The first-order valence-corrected chi connectivity index (χ1v) is 7.08. The number of halogens is 2. The Labute approximate surface area is 75.4 Å². The first kappa shape index (κ1) is 12.1. The van der Waals surface area contributed by atoms with Crippen LogP contribution in [0.4, 0.5) is 3.89 Å². The van der Waals surface area contributed by atoms with Crippen LogP contribution in [0.15, 0.2) is 0 Å². The summed E-state index contributed by atoms with van der Waals surface area (Å²) >= 11 is 0. The molecule has 74 valence electrons. The lowest BCUT2D eigenvalue weighted by Gasteiger charge is -1.94. The molecule has 0 fully saturated rings. The third-order valence-corrected chi connectivity index (χ3v) is 3.04. The van der Waals surface area contributed by atoms with Gasteiger partial charge in [-0.1, -0.05) is 0 Å². The van der Waals surface area contributed by atoms with Crippen molar-refractivity contribution in [3.05, 3.63) is 0 Å². The first-order chi connectivity index (χ1) is 5.21. The summed E-state index contributed by atoms with van der Waals surface area (Å²) in [5.74, 6) is -0.983. The Morgan fingerprint density at radius 1 is 1.00 bits per heavy atom. The van der Waals surface area contributed by atoms with Gasteiger partial charge in [0, 0.05) is 10.7 Å². The summed E-state index contributed by atoms with van der Waals surface area (Å²) in [4.78, 5) is 0. The number of hydrogen-bond donors (Lipinski definition) is 0. The van der Waals surface area contributed by atoms with Crippen molar-refractivity contribution in [1.29, 1.82) is 0 Å². The van der Waals surface area contributed by atoms with Crippen LogP contribution >= 0.6 is 10.7 Å². The van der Waals surface area contributed by atoms with Gasteiger partial charge in [-0.25, -0.2) is 8.42 Å². The van der Waals surface area contributed by atoms with Crippen molar-refractivity contribution < 1.29 is 20.7 Å². The first-order valence-electron chi connectivity index (χ1n) is 3.05. The summed E-state index contributed by atoms with van der Waals surface area (Å²) in [5.41, 5.74) is 0. The minimum Gasteiger partial charge on any atom is -0.212 e. The highest BCUT2D eigenvalue weighted by molar-refractivity contribution is 8.13.